The summed E-state index contributed by atoms with van der Waals surface area (Å²) in [4.78, 5) is 20.3. The fraction of sp³-hybridized carbons (Fsp3) is 0.276. The number of pyridine rings is 1. The van der Waals surface area contributed by atoms with E-state index in [1.807, 2.05) is 0 Å². The van der Waals surface area contributed by atoms with Crippen molar-refractivity contribution in [3.63, 3.8) is 0 Å². The lowest BCUT2D eigenvalue weighted by Gasteiger charge is -2.40. The van der Waals surface area contributed by atoms with Gasteiger partial charge >= 0.3 is 12.4 Å². The number of alkyl halides is 6. The van der Waals surface area contributed by atoms with Crippen molar-refractivity contribution in [1.82, 2.24) is 24.6 Å². The minimum atomic E-state index is -4.68. The second-order valence-electron chi connectivity index (χ2n) is 10.6. The number of benzene rings is 2. The first-order valence-corrected chi connectivity index (χ1v) is 13.3. The van der Waals surface area contributed by atoms with Crippen LogP contribution in [0.1, 0.15) is 27.0 Å². The number of anilines is 2. The van der Waals surface area contributed by atoms with Crippen LogP contribution in [0.3, 0.4) is 0 Å². The van der Waals surface area contributed by atoms with Gasteiger partial charge in [-0.2, -0.15) is 31.6 Å². The summed E-state index contributed by atoms with van der Waals surface area (Å²) in [6.45, 7) is -1.29. The molecule has 15 heteroatoms. The number of amides is 1. The Bertz CT molecular complexity index is 1800. The molecule has 6 rings (SSSR count). The van der Waals surface area contributed by atoms with E-state index in [0.717, 1.165) is 11.0 Å². The van der Waals surface area contributed by atoms with E-state index in [2.05, 4.69) is 26.6 Å². The van der Waals surface area contributed by atoms with Crippen LogP contribution in [0.2, 0.25) is 0 Å². The maximum Gasteiger partial charge on any atom is 0.416 e. The van der Waals surface area contributed by atoms with Crippen molar-refractivity contribution in [2.24, 2.45) is 7.05 Å². The van der Waals surface area contributed by atoms with Crippen LogP contribution < -0.4 is 10.2 Å². The second kappa shape index (κ2) is 10.6. The highest BCUT2D eigenvalue weighted by atomic mass is 19.4. The molecule has 226 valence electrons. The van der Waals surface area contributed by atoms with Gasteiger partial charge < -0.3 is 9.88 Å². The monoisotopic (exact) mass is 612 g/mol. The van der Waals surface area contributed by atoms with Gasteiger partial charge in [0.25, 0.3) is 5.91 Å². The molecule has 0 unspecified atom stereocenters. The Hall–Kier alpha value is -4.97. The van der Waals surface area contributed by atoms with E-state index in [1.54, 1.807) is 35.9 Å². The van der Waals surface area contributed by atoms with Crippen LogP contribution in [0.25, 0.3) is 22.5 Å². The molecule has 1 saturated heterocycles. The molecule has 4 aromatic rings. The highest BCUT2D eigenvalue weighted by molar-refractivity contribution is 6.10. The molecule has 0 spiro atoms. The fourth-order valence-electron chi connectivity index (χ4n) is 5.49. The third-order valence-corrected chi connectivity index (χ3v) is 7.49. The molecule has 0 bridgehead atoms. The molecule has 0 saturated carbocycles. The number of hydrogen-bond acceptors (Lipinski definition) is 7. The normalized spacial score (nSPS) is 15.7. The van der Waals surface area contributed by atoms with Gasteiger partial charge in [-0.3, -0.25) is 14.6 Å². The predicted molar refractivity (Wildman–Crippen MR) is 146 cm³/mol. The molecule has 44 heavy (non-hydrogen) atoms. The first-order chi connectivity index (χ1) is 20.8. The van der Waals surface area contributed by atoms with Crippen molar-refractivity contribution < 1.29 is 31.1 Å². The Balaban J connectivity index is 1.43. The van der Waals surface area contributed by atoms with Gasteiger partial charge in [-0.1, -0.05) is 6.07 Å². The van der Waals surface area contributed by atoms with Gasteiger partial charge in [0.15, 0.2) is 5.82 Å². The van der Waals surface area contributed by atoms with Crippen molar-refractivity contribution in [3.05, 3.63) is 77.1 Å². The molecule has 1 fully saturated rings. The lowest BCUT2D eigenvalue weighted by Crippen LogP contribution is -2.57. The zero-order valence-corrected chi connectivity index (χ0v) is 22.9. The van der Waals surface area contributed by atoms with E-state index in [-0.39, 0.29) is 35.9 Å². The van der Waals surface area contributed by atoms with Gasteiger partial charge in [0.05, 0.1) is 36.3 Å². The third-order valence-electron chi connectivity index (χ3n) is 7.49. The summed E-state index contributed by atoms with van der Waals surface area (Å²) in [6, 6.07) is 13.1. The van der Waals surface area contributed by atoms with Gasteiger partial charge in [-0.05, 0) is 59.2 Å². The summed E-state index contributed by atoms with van der Waals surface area (Å²) in [5, 5.41) is 20.8. The molecular formula is C29H22F6N8O. The zero-order valence-electron chi connectivity index (χ0n) is 22.9. The average Bonchev–Trinajstić information content (AvgIpc) is 3.52. The number of halogens is 6. The summed E-state index contributed by atoms with van der Waals surface area (Å²) >= 11 is 0. The van der Waals surface area contributed by atoms with Crippen LogP contribution in [0, 0.1) is 11.3 Å². The van der Waals surface area contributed by atoms with Crippen LogP contribution in [-0.4, -0.2) is 62.4 Å². The van der Waals surface area contributed by atoms with Crippen molar-refractivity contribution in [2.75, 3.05) is 29.9 Å². The summed E-state index contributed by atoms with van der Waals surface area (Å²) in [5.41, 5.74) is 0.612. The molecule has 2 aliphatic heterocycles. The predicted octanol–water partition coefficient (Wildman–Crippen LogP) is 5.25. The molecule has 1 N–H and O–H groups in total. The largest absolute Gasteiger partial charge is 0.416 e. The number of aryl methyl sites for hydroxylation is 1. The Morgan fingerprint density at radius 1 is 1.02 bits per heavy atom. The highest BCUT2D eigenvalue weighted by Crippen LogP contribution is 2.40. The van der Waals surface area contributed by atoms with Crippen LogP contribution in [0.4, 0.5) is 38.0 Å². The number of rotatable bonds is 6. The van der Waals surface area contributed by atoms with Gasteiger partial charge in [-0.15, -0.1) is 10.2 Å². The molecule has 2 aromatic carbocycles. The van der Waals surface area contributed by atoms with Crippen LogP contribution in [0.15, 0.2) is 54.9 Å². The van der Waals surface area contributed by atoms with E-state index in [0.29, 0.717) is 28.1 Å². The molecule has 4 heterocycles. The lowest BCUT2D eigenvalue weighted by atomic mass is 9.97. The number of carbonyl (C=O) groups excluding carboxylic acids is 1. The molecule has 9 nitrogen and oxygen atoms in total. The summed E-state index contributed by atoms with van der Waals surface area (Å²) in [7, 11) is 1.73. The number of fused-ring (bicyclic) bond motifs is 1. The molecule has 0 aliphatic carbocycles. The average molecular weight is 613 g/mol. The Morgan fingerprint density at radius 2 is 1.80 bits per heavy atom. The number of hydrogen-bond donors (Lipinski definition) is 1. The molecule has 2 aromatic heterocycles. The van der Waals surface area contributed by atoms with E-state index >= 15 is 0 Å². The molecule has 0 radical (unpaired) electrons. The van der Waals surface area contributed by atoms with Gasteiger partial charge in [0.2, 0.25) is 0 Å². The number of likely N-dealkylation sites (tertiary alicyclic amines) is 1. The van der Waals surface area contributed by atoms with Crippen molar-refractivity contribution in [2.45, 2.75) is 24.9 Å². The number of nitrogens with one attached hydrogen (secondary N) is 1. The highest BCUT2D eigenvalue weighted by Gasteiger charge is 2.41. The molecule has 1 amide bonds. The topological polar surface area (TPSA) is 103 Å². The first-order valence-electron chi connectivity index (χ1n) is 13.3. The van der Waals surface area contributed by atoms with Gasteiger partial charge in [-0.25, -0.2) is 4.98 Å². The Morgan fingerprint density at radius 3 is 2.45 bits per heavy atom. The second-order valence-corrected chi connectivity index (χ2v) is 10.6. The standard InChI is InChI=1S/C29H22F6N8O/c1-41-15-37-40-26(41)19-6-5-16(10-36)7-21(19)17-8-24(38-18-11-42(12-18)14-28(30,31)32)39-25(9-17)43-13-22-20(27(43)44)3-2-4-23(22)29(33,34)35/h2-9,15,18H,11-14H2,1H3,(H,38,39). The van der Waals surface area contributed by atoms with Crippen molar-refractivity contribution >= 4 is 17.5 Å². The molecule has 0 atom stereocenters. The third kappa shape index (κ3) is 5.55. The number of aromatic nitrogens is 4. The zero-order chi connectivity index (χ0) is 31.4. The quantitative estimate of drug-likeness (QED) is 0.297. The minimum absolute atomic E-state index is 0.0251. The Labute approximate surface area is 246 Å². The maximum atomic E-state index is 13.8. The van der Waals surface area contributed by atoms with E-state index in [4.69, 9.17) is 0 Å². The van der Waals surface area contributed by atoms with Gasteiger partial charge in [0.1, 0.15) is 18.0 Å². The number of carbonyl (C=O) groups is 1. The van der Waals surface area contributed by atoms with E-state index in [1.165, 1.54) is 29.4 Å². The first kappa shape index (κ1) is 29.1. The molecular weight excluding hydrogens is 590 g/mol. The van der Waals surface area contributed by atoms with Crippen LogP contribution in [0.5, 0.6) is 0 Å². The van der Waals surface area contributed by atoms with Gasteiger partial charge in [0, 0.05) is 31.3 Å². The number of nitrogens with zero attached hydrogens (tertiary/aromatic N) is 7. The van der Waals surface area contributed by atoms with Crippen LogP contribution >= 0.6 is 0 Å². The maximum absolute atomic E-state index is 13.8. The van der Waals surface area contributed by atoms with Crippen molar-refractivity contribution in [3.8, 4) is 28.6 Å². The smallest absolute Gasteiger partial charge is 0.365 e. The Kier molecular flexibility index (Phi) is 7.04. The van der Waals surface area contributed by atoms with Crippen molar-refractivity contribution in [1.29, 1.82) is 5.26 Å². The SMILES string of the molecule is Cn1cnnc1-c1ccc(C#N)cc1-c1cc(NC2CN(CC(F)(F)F)C2)nc(N2Cc3c(cccc3C(F)(F)F)C2=O)c1. The number of nitriles is 1. The minimum Gasteiger partial charge on any atom is -0.365 e. The van der Waals surface area contributed by atoms with E-state index in [9.17, 15) is 36.4 Å². The van der Waals surface area contributed by atoms with E-state index < -0.39 is 43.0 Å². The summed E-state index contributed by atoms with van der Waals surface area (Å²) < 4.78 is 81.5. The summed E-state index contributed by atoms with van der Waals surface area (Å²) in [6.07, 6.45) is -7.54. The summed E-state index contributed by atoms with van der Waals surface area (Å²) in [5.74, 6) is -0.00285. The van der Waals surface area contributed by atoms with Crippen LogP contribution in [-0.2, 0) is 19.8 Å². The fourth-order valence-corrected chi connectivity index (χ4v) is 5.49. The lowest BCUT2D eigenvalue weighted by molar-refractivity contribution is -0.153. The molecule has 2 aliphatic rings.